The van der Waals surface area contributed by atoms with Gasteiger partial charge in [0.15, 0.2) is 5.82 Å². The van der Waals surface area contributed by atoms with Crippen LogP contribution in [0.4, 0.5) is 11.6 Å². The molecule has 1 saturated heterocycles. The molecule has 1 aliphatic rings. The lowest BCUT2D eigenvalue weighted by Crippen LogP contribution is -2.31. The Morgan fingerprint density at radius 3 is 3.05 bits per heavy atom. The number of hydrogen-bond donors (Lipinski definition) is 2. The van der Waals surface area contributed by atoms with E-state index in [2.05, 4.69) is 20.3 Å². The van der Waals surface area contributed by atoms with Gasteiger partial charge in [0.25, 0.3) is 0 Å². The second kappa shape index (κ2) is 7.37. The van der Waals surface area contributed by atoms with Crippen molar-refractivity contribution in [3.63, 3.8) is 0 Å². The molecule has 1 fully saturated rings. The van der Waals surface area contributed by atoms with Crippen LogP contribution in [0.15, 0.2) is 6.07 Å². The molecule has 2 rings (SSSR count). The maximum atomic E-state index is 5.51. The molecular formula is C13H23N5O2. The van der Waals surface area contributed by atoms with Crippen molar-refractivity contribution in [2.45, 2.75) is 19.4 Å². The van der Waals surface area contributed by atoms with E-state index in [-0.39, 0.29) is 0 Å². The van der Waals surface area contributed by atoms with E-state index in [9.17, 15) is 0 Å². The predicted octanol–water partition coefficient (Wildman–Crippen LogP) is 0.771. The van der Waals surface area contributed by atoms with Crippen LogP contribution < -0.4 is 16.2 Å². The van der Waals surface area contributed by atoms with Gasteiger partial charge in [0, 0.05) is 33.4 Å². The van der Waals surface area contributed by atoms with Gasteiger partial charge in [-0.1, -0.05) is 0 Å². The number of nitrogens with zero attached hydrogens (tertiary/aromatic N) is 3. The molecule has 1 aromatic rings. The van der Waals surface area contributed by atoms with Gasteiger partial charge in [0.05, 0.1) is 6.61 Å². The van der Waals surface area contributed by atoms with Crippen LogP contribution in [0.3, 0.4) is 0 Å². The SMILES string of the molecule is COCc1nc(NN)cc(N(C)CC2CCCOC2)n1. The first-order chi connectivity index (χ1) is 9.72. The second-order valence-corrected chi connectivity index (χ2v) is 5.07. The Morgan fingerprint density at radius 1 is 1.55 bits per heavy atom. The molecule has 0 aliphatic carbocycles. The maximum absolute atomic E-state index is 5.51. The highest BCUT2D eigenvalue weighted by atomic mass is 16.5. The van der Waals surface area contributed by atoms with Gasteiger partial charge < -0.3 is 19.8 Å². The van der Waals surface area contributed by atoms with Gasteiger partial charge in [-0.2, -0.15) is 0 Å². The zero-order valence-corrected chi connectivity index (χ0v) is 12.1. The fourth-order valence-corrected chi connectivity index (χ4v) is 2.38. The Labute approximate surface area is 119 Å². The fraction of sp³-hybridized carbons (Fsp3) is 0.692. The number of nitrogen functional groups attached to an aromatic ring is 1. The normalized spacial score (nSPS) is 18.9. The Morgan fingerprint density at radius 2 is 2.40 bits per heavy atom. The average Bonchev–Trinajstić information content (AvgIpc) is 2.48. The summed E-state index contributed by atoms with van der Waals surface area (Å²) in [5, 5.41) is 0. The summed E-state index contributed by atoms with van der Waals surface area (Å²) in [4.78, 5) is 10.8. The number of hydrazine groups is 1. The van der Waals surface area contributed by atoms with Crippen molar-refractivity contribution in [3.05, 3.63) is 11.9 Å². The van der Waals surface area contributed by atoms with Crippen LogP contribution in [0.25, 0.3) is 0 Å². The van der Waals surface area contributed by atoms with Gasteiger partial charge >= 0.3 is 0 Å². The summed E-state index contributed by atoms with van der Waals surface area (Å²) in [6.45, 7) is 2.98. The summed E-state index contributed by atoms with van der Waals surface area (Å²) in [7, 11) is 3.64. The first kappa shape index (κ1) is 15.0. The molecule has 0 radical (unpaired) electrons. The van der Waals surface area contributed by atoms with E-state index in [1.807, 2.05) is 13.1 Å². The van der Waals surface area contributed by atoms with Crippen molar-refractivity contribution >= 4 is 11.6 Å². The van der Waals surface area contributed by atoms with Crippen molar-refractivity contribution in [1.82, 2.24) is 9.97 Å². The highest BCUT2D eigenvalue weighted by Gasteiger charge is 2.17. The monoisotopic (exact) mass is 281 g/mol. The molecule has 7 heteroatoms. The molecule has 0 bridgehead atoms. The number of nitrogens with one attached hydrogen (secondary N) is 1. The highest BCUT2D eigenvalue weighted by Crippen LogP contribution is 2.19. The van der Waals surface area contributed by atoms with Crippen LogP contribution in [0, 0.1) is 5.92 Å². The van der Waals surface area contributed by atoms with E-state index in [4.69, 9.17) is 15.3 Å². The summed E-state index contributed by atoms with van der Waals surface area (Å²) < 4.78 is 10.6. The molecule has 112 valence electrons. The molecule has 1 aromatic heterocycles. The van der Waals surface area contributed by atoms with Gasteiger partial charge in [-0.05, 0) is 18.8 Å². The minimum atomic E-state index is 0.364. The molecule has 20 heavy (non-hydrogen) atoms. The van der Waals surface area contributed by atoms with Crippen molar-refractivity contribution in [3.8, 4) is 0 Å². The number of rotatable bonds is 6. The Balaban J connectivity index is 2.06. The van der Waals surface area contributed by atoms with Gasteiger partial charge in [-0.15, -0.1) is 0 Å². The standard InChI is InChI=1S/C13H23N5O2/c1-18(7-10-4-3-5-20-8-10)13-6-11(17-14)15-12(16-13)9-19-2/h6,10H,3-5,7-9,14H2,1-2H3,(H,15,16,17). The van der Waals surface area contributed by atoms with Crippen molar-refractivity contribution in [2.24, 2.45) is 11.8 Å². The average molecular weight is 281 g/mol. The van der Waals surface area contributed by atoms with Crippen molar-refractivity contribution in [2.75, 3.05) is 44.2 Å². The quantitative estimate of drug-likeness (QED) is 0.588. The zero-order chi connectivity index (χ0) is 14.4. The van der Waals surface area contributed by atoms with E-state index >= 15 is 0 Å². The van der Waals surface area contributed by atoms with Crippen LogP contribution in [0.5, 0.6) is 0 Å². The summed E-state index contributed by atoms with van der Waals surface area (Å²) in [5.41, 5.74) is 2.57. The van der Waals surface area contributed by atoms with Gasteiger partial charge in [0.2, 0.25) is 0 Å². The molecule has 0 saturated carbocycles. The third-order valence-electron chi connectivity index (χ3n) is 3.36. The number of methoxy groups -OCH3 is 1. The van der Waals surface area contributed by atoms with E-state index in [0.717, 1.165) is 32.0 Å². The summed E-state index contributed by atoms with van der Waals surface area (Å²) in [6, 6.07) is 1.84. The topological polar surface area (TPSA) is 85.5 Å². The predicted molar refractivity (Wildman–Crippen MR) is 77.4 cm³/mol. The molecule has 0 aromatic carbocycles. The van der Waals surface area contributed by atoms with E-state index in [1.165, 1.54) is 6.42 Å². The molecule has 3 N–H and O–H groups in total. The molecule has 0 spiro atoms. The maximum Gasteiger partial charge on any atom is 0.158 e. The number of ether oxygens (including phenoxy) is 2. The third-order valence-corrected chi connectivity index (χ3v) is 3.36. The smallest absolute Gasteiger partial charge is 0.158 e. The molecule has 1 aliphatic heterocycles. The van der Waals surface area contributed by atoms with E-state index in [1.54, 1.807) is 7.11 Å². The molecule has 0 amide bonds. The van der Waals surface area contributed by atoms with E-state index in [0.29, 0.717) is 24.2 Å². The number of nitrogens with two attached hydrogens (primary N) is 1. The number of anilines is 2. The molecule has 7 nitrogen and oxygen atoms in total. The van der Waals surface area contributed by atoms with Gasteiger partial charge in [-0.25, -0.2) is 15.8 Å². The largest absolute Gasteiger partial charge is 0.381 e. The van der Waals surface area contributed by atoms with Crippen LogP contribution in [0.1, 0.15) is 18.7 Å². The third kappa shape index (κ3) is 4.03. The summed E-state index contributed by atoms with van der Waals surface area (Å²) >= 11 is 0. The van der Waals surface area contributed by atoms with Gasteiger partial charge in [-0.3, -0.25) is 0 Å². The van der Waals surface area contributed by atoms with Crippen molar-refractivity contribution < 1.29 is 9.47 Å². The Kier molecular flexibility index (Phi) is 5.51. The number of aromatic nitrogens is 2. The summed E-state index contributed by atoms with van der Waals surface area (Å²) in [5.74, 6) is 8.04. The zero-order valence-electron chi connectivity index (χ0n) is 12.1. The minimum absolute atomic E-state index is 0.364. The molecule has 2 heterocycles. The van der Waals surface area contributed by atoms with Crippen LogP contribution in [-0.2, 0) is 16.1 Å². The Bertz CT molecular complexity index is 423. The van der Waals surface area contributed by atoms with Crippen LogP contribution in [-0.4, -0.2) is 43.9 Å². The Hall–Kier alpha value is -1.44. The van der Waals surface area contributed by atoms with Crippen LogP contribution >= 0.6 is 0 Å². The highest BCUT2D eigenvalue weighted by molar-refractivity contribution is 5.48. The molecular weight excluding hydrogens is 258 g/mol. The van der Waals surface area contributed by atoms with Gasteiger partial charge in [0.1, 0.15) is 18.2 Å². The fourth-order valence-electron chi connectivity index (χ4n) is 2.38. The lowest BCUT2D eigenvalue weighted by Gasteiger charge is -2.28. The van der Waals surface area contributed by atoms with Crippen LogP contribution in [0.2, 0.25) is 0 Å². The molecule has 1 atom stereocenters. The second-order valence-electron chi connectivity index (χ2n) is 5.07. The van der Waals surface area contributed by atoms with E-state index < -0.39 is 0 Å². The minimum Gasteiger partial charge on any atom is -0.381 e. The lowest BCUT2D eigenvalue weighted by atomic mass is 10.0. The number of hydrogen-bond acceptors (Lipinski definition) is 7. The first-order valence-corrected chi connectivity index (χ1v) is 6.85. The lowest BCUT2D eigenvalue weighted by molar-refractivity contribution is 0.0576. The first-order valence-electron chi connectivity index (χ1n) is 6.85. The molecule has 1 unspecified atom stereocenters. The summed E-state index contributed by atoms with van der Waals surface area (Å²) in [6.07, 6.45) is 2.33. The van der Waals surface area contributed by atoms with Crippen molar-refractivity contribution in [1.29, 1.82) is 0 Å².